The molecule has 3 aromatic heterocycles. The first kappa shape index (κ1) is 23.9. The second kappa shape index (κ2) is 9.35. The Bertz CT molecular complexity index is 1490. The van der Waals surface area contributed by atoms with E-state index < -0.39 is 0 Å². The van der Waals surface area contributed by atoms with Crippen LogP contribution in [0.2, 0.25) is 0 Å². The number of hydrogen-bond donors (Lipinski definition) is 2. The number of benzene rings is 1. The molecule has 1 atom stereocenters. The van der Waals surface area contributed by atoms with Gasteiger partial charge in [-0.15, -0.1) is 6.58 Å². The summed E-state index contributed by atoms with van der Waals surface area (Å²) < 4.78 is 3.48. The van der Waals surface area contributed by atoms with Gasteiger partial charge in [-0.1, -0.05) is 32.9 Å². The molecule has 5 rings (SSSR count). The summed E-state index contributed by atoms with van der Waals surface area (Å²) >= 11 is 0. The Balaban J connectivity index is 1.57. The summed E-state index contributed by atoms with van der Waals surface area (Å²) in [6.07, 6.45) is 8.29. The summed E-state index contributed by atoms with van der Waals surface area (Å²) in [6, 6.07) is 10.9. The number of rotatable bonds is 6. The standard InChI is InChI=1S/C28H33N7O/c1-6-13-34-26(36)23-17-31-27(32-21-10-8-18-14-20(29-5)9-7-19(18)15-21)33-25(23)35(34)22-11-12-30-24(16-22)28(2,3)4/h6,8,10-12,15-17,20,29H,1,7,9,13-14H2,2-5H3,(H,31,32,33). The highest BCUT2D eigenvalue weighted by Crippen LogP contribution is 2.27. The van der Waals surface area contributed by atoms with Crippen LogP contribution in [0.4, 0.5) is 11.6 Å². The van der Waals surface area contributed by atoms with Crippen molar-refractivity contribution in [3.63, 3.8) is 0 Å². The number of nitrogens with one attached hydrogen (secondary N) is 2. The lowest BCUT2D eigenvalue weighted by Crippen LogP contribution is -2.31. The largest absolute Gasteiger partial charge is 0.324 e. The number of aromatic nitrogens is 5. The molecule has 0 saturated carbocycles. The number of pyridine rings is 1. The summed E-state index contributed by atoms with van der Waals surface area (Å²) in [7, 11) is 2.02. The second-order valence-corrected chi connectivity index (χ2v) is 10.4. The van der Waals surface area contributed by atoms with Crippen molar-refractivity contribution >= 4 is 22.7 Å². The van der Waals surface area contributed by atoms with Crippen molar-refractivity contribution in [2.75, 3.05) is 12.4 Å². The molecule has 1 unspecified atom stereocenters. The molecule has 4 aromatic rings. The zero-order valence-corrected chi connectivity index (χ0v) is 21.4. The van der Waals surface area contributed by atoms with Crippen LogP contribution in [0.1, 0.15) is 44.0 Å². The van der Waals surface area contributed by atoms with Crippen LogP contribution < -0.4 is 16.2 Å². The van der Waals surface area contributed by atoms with Gasteiger partial charge in [0.2, 0.25) is 5.95 Å². The van der Waals surface area contributed by atoms with Crippen molar-refractivity contribution in [2.24, 2.45) is 0 Å². The minimum Gasteiger partial charge on any atom is -0.324 e. The van der Waals surface area contributed by atoms with Crippen LogP contribution in [0.15, 0.2) is 60.2 Å². The van der Waals surface area contributed by atoms with Gasteiger partial charge in [-0.25, -0.2) is 14.3 Å². The van der Waals surface area contributed by atoms with Crippen LogP contribution in [0, 0.1) is 0 Å². The van der Waals surface area contributed by atoms with Gasteiger partial charge in [0.05, 0.1) is 12.2 Å². The molecule has 0 radical (unpaired) electrons. The molecule has 8 nitrogen and oxygen atoms in total. The maximum Gasteiger partial charge on any atom is 0.278 e. The minimum absolute atomic E-state index is 0.135. The van der Waals surface area contributed by atoms with E-state index >= 15 is 0 Å². The number of nitrogens with zero attached hydrogens (tertiary/aromatic N) is 5. The van der Waals surface area contributed by atoms with Crippen molar-refractivity contribution in [3.8, 4) is 5.69 Å². The molecule has 186 valence electrons. The van der Waals surface area contributed by atoms with Crippen LogP contribution in [0.25, 0.3) is 16.7 Å². The van der Waals surface area contributed by atoms with Gasteiger partial charge in [0.15, 0.2) is 5.65 Å². The van der Waals surface area contributed by atoms with Crippen LogP contribution in [-0.4, -0.2) is 37.4 Å². The van der Waals surface area contributed by atoms with Gasteiger partial charge < -0.3 is 10.6 Å². The lowest BCUT2D eigenvalue weighted by molar-refractivity contribution is 0.496. The summed E-state index contributed by atoms with van der Waals surface area (Å²) in [5.74, 6) is 0.445. The van der Waals surface area contributed by atoms with Crippen LogP contribution in [0.3, 0.4) is 0 Å². The quantitative estimate of drug-likeness (QED) is 0.398. The van der Waals surface area contributed by atoms with Crippen LogP contribution in [-0.2, 0) is 24.8 Å². The summed E-state index contributed by atoms with van der Waals surface area (Å²) in [5, 5.41) is 7.20. The molecule has 1 aromatic carbocycles. The van der Waals surface area contributed by atoms with Gasteiger partial charge in [-0.3, -0.25) is 9.78 Å². The van der Waals surface area contributed by atoms with E-state index in [2.05, 4.69) is 66.2 Å². The van der Waals surface area contributed by atoms with E-state index in [1.165, 1.54) is 11.1 Å². The summed E-state index contributed by atoms with van der Waals surface area (Å²) in [6.45, 7) is 10.5. The minimum atomic E-state index is -0.154. The van der Waals surface area contributed by atoms with E-state index in [-0.39, 0.29) is 11.0 Å². The number of allylic oxidation sites excluding steroid dienone is 1. The topological polar surface area (TPSA) is 89.7 Å². The summed E-state index contributed by atoms with van der Waals surface area (Å²) in [5.41, 5.74) is 5.68. The first-order valence-electron chi connectivity index (χ1n) is 12.4. The van der Waals surface area contributed by atoms with Gasteiger partial charge in [0.1, 0.15) is 5.39 Å². The normalized spacial score (nSPS) is 15.6. The Labute approximate surface area is 211 Å². The maximum absolute atomic E-state index is 13.2. The van der Waals surface area contributed by atoms with E-state index in [4.69, 9.17) is 4.98 Å². The van der Waals surface area contributed by atoms with Gasteiger partial charge in [-0.2, -0.15) is 4.98 Å². The summed E-state index contributed by atoms with van der Waals surface area (Å²) in [4.78, 5) is 27.1. The van der Waals surface area contributed by atoms with Crippen LogP contribution >= 0.6 is 0 Å². The SMILES string of the molecule is C=CCn1c(=O)c2cnc(Nc3ccc4c(c3)CCC(NC)C4)nc2n1-c1ccnc(C(C)(C)C)c1. The fraction of sp³-hybridized carbons (Fsp3) is 0.357. The highest BCUT2D eigenvalue weighted by Gasteiger charge is 2.21. The Morgan fingerprint density at radius 1 is 1.17 bits per heavy atom. The van der Waals surface area contributed by atoms with Crippen molar-refractivity contribution in [2.45, 2.75) is 58.0 Å². The third-order valence-corrected chi connectivity index (χ3v) is 6.83. The lowest BCUT2D eigenvalue weighted by atomic mass is 9.88. The van der Waals surface area contributed by atoms with Crippen molar-refractivity contribution < 1.29 is 0 Å². The first-order valence-corrected chi connectivity index (χ1v) is 12.4. The molecule has 36 heavy (non-hydrogen) atoms. The van der Waals surface area contributed by atoms with E-state index in [1.54, 1.807) is 23.2 Å². The zero-order valence-electron chi connectivity index (χ0n) is 21.4. The molecule has 0 aliphatic heterocycles. The number of hydrogen-bond acceptors (Lipinski definition) is 6. The average molecular weight is 484 g/mol. The zero-order chi connectivity index (χ0) is 25.4. The number of likely N-dealkylation sites (N-methyl/N-ethyl adjacent to an activating group) is 1. The highest BCUT2D eigenvalue weighted by atomic mass is 16.1. The van der Waals surface area contributed by atoms with Crippen molar-refractivity contribution in [1.82, 2.24) is 29.6 Å². The first-order chi connectivity index (χ1) is 17.3. The molecule has 1 aliphatic rings. The second-order valence-electron chi connectivity index (χ2n) is 10.4. The molecule has 2 N–H and O–H groups in total. The monoisotopic (exact) mass is 483 g/mol. The average Bonchev–Trinajstić information content (AvgIpc) is 3.14. The smallest absolute Gasteiger partial charge is 0.278 e. The third-order valence-electron chi connectivity index (χ3n) is 6.83. The Morgan fingerprint density at radius 3 is 2.75 bits per heavy atom. The Morgan fingerprint density at radius 2 is 2.00 bits per heavy atom. The fourth-order valence-corrected chi connectivity index (χ4v) is 4.81. The number of anilines is 2. The molecule has 0 spiro atoms. The molecular weight excluding hydrogens is 450 g/mol. The molecule has 0 amide bonds. The molecule has 0 saturated heterocycles. The maximum atomic E-state index is 13.2. The van der Waals surface area contributed by atoms with E-state index in [9.17, 15) is 4.79 Å². The van der Waals surface area contributed by atoms with E-state index in [0.717, 1.165) is 36.3 Å². The van der Waals surface area contributed by atoms with Crippen LogP contribution in [0.5, 0.6) is 0 Å². The van der Waals surface area contributed by atoms with Gasteiger partial charge in [0.25, 0.3) is 5.56 Å². The lowest BCUT2D eigenvalue weighted by Gasteiger charge is -2.24. The molecule has 0 fully saturated rings. The fourth-order valence-electron chi connectivity index (χ4n) is 4.81. The van der Waals surface area contributed by atoms with Gasteiger partial charge in [-0.05, 0) is 61.7 Å². The highest BCUT2D eigenvalue weighted by molar-refractivity contribution is 5.77. The Kier molecular flexibility index (Phi) is 6.22. The third kappa shape index (κ3) is 4.44. The number of fused-ring (bicyclic) bond motifs is 2. The predicted octanol–water partition coefficient (Wildman–Crippen LogP) is 4.28. The molecule has 0 bridgehead atoms. The van der Waals surface area contributed by atoms with Gasteiger partial charge in [0, 0.05) is 35.2 Å². The van der Waals surface area contributed by atoms with Crippen molar-refractivity contribution in [1.29, 1.82) is 0 Å². The van der Waals surface area contributed by atoms with E-state index in [0.29, 0.717) is 29.6 Å². The van der Waals surface area contributed by atoms with Crippen molar-refractivity contribution in [3.05, 3.63) is 82.6 Å². The van der Waals surface area contributed by atoms with Gasteiger partial charge >= 0.3 is 0 Å². The molecular formula is C28H33N7O. The number of aryl methyl sites for hydroxylation is 1. The molecule has 8 heteroatoms. The molecule has 1 aliphatic carbocycles. The Hall–Kier alpha value is -3.78. The molecule has 3 heterocycles. The predicted molar refractivity (Wildman–Crippen MR) is 144 cm³/mol. The van der Waals surface area contributed by atoms with E-state index in [1.807, 2.05) is 23.9 Å².